The Bertz CT molecular complexity index is 613. The van der Waals surface area contributed by atoms with E-state index in [1.54, 1.807) is 13.8 Å². The Morgan fingerprint density at radius 3 is 2.71 bits per heavy atom. The summed E-state index contributed by atoms with van der Waals surface area (Å²) in [6, 6.07) is 3.34. The highest BCUT2D eigenvalue weighted by Gasteiger charge is 2.38. The summed E-state index contributed by atoms with van der Waals surface area (Å²) >= 11 is 0. The van der Waals surface area contributed by atoms with Gasteiger partial charge in [0.1, 0.15) is 5.75 Å². The van der Waals surface area contributed by atoms with E-state index in [-0.39, 0.29) is 23.1 Å². The monoisotopic (exact) mass is 292 g/mol. The van der Waals surface area contributed by atoms with Gasteiger partial charge in [0, 0.05) is 12.1 Å². The van der Waals surface area contributed by atoms with Crippen molar-refractivity contribution in [3.8, 4) is 5.75 Å². The third kappa shape index (κ3) is 2.58. The van der Waals surface area contributed by atoms with Gasteiger partial charge in [0.15, 0.2) is 11.9 Å². The fourth-order valence-electron chi connectivity index (χ4n) is 2.22. The van der Waals surface area contributed by atoms with E-state index in [0.717, 1.165) is 0 Å². The lowest BCUT2D eigenvalue weighted by atomic mass is 10.1. The van der Waals surface area contributed by atoms with Crippen LogP contribution in [0.2, 0.25) is 0 Å². The Morgan fingerprint density at radius 1 is 1.52 bits per heavy atom. The Labute approximate surface area is 121 Å². The molecule has 1 heterocycles. The molecule has 112 valence electrons. The van der Waals surface area contributed by atoms with Gasteiger partial charge in [-0.05, 0) is 26.3 Å². The number of nitro benzene ring substituents is 1. The first-order valence-electron chi connectivity index (χ1n) is 6.65. The van der Waals surface area contributed by atoms with E-state index in [0.29, 0.717) is 12.2 Å². The number of rotatable bonds is 4. The van der Waals surface area contributed by atoms with Crippen LogP contribution in [0.15, 0.2) is 18.2 Å². The van der Waals surface area contributed by atoms with Crippen molar-refractivity contribution in [1.82, 2.24) is 0 Å². The van der Waals surface area contributed by atoms with Crippen LogP contribution in [-0.2, 0) is 9.59 Å². The van der Waals surface area contributed by atoms with E-state index in [2.05, 4.69) is 0 Å². The molecule has 1 aromatic rings. The molecular formula is C14H16N2O5. The minimum atomic E-state index is -0.698. The summed E-state index contributed by atoms with van der Waals surface area (Å²) in [6.07, 6.45) is -0.225. The number of amides is 1. The molecular weight excluding hydrogens is 276 g/mol. The van der Waals surface area contributed by atoms with E-state index in [1.807, 2.05) is 0 Å². The second-order valence-electron chi connectivity index (χ2n) is 4.92. The van der Waals surface area contributed by atoms with Crippen molar-refractivity contribution in [2.24, 2.45) is 0 Å². The Balaban J connectivity index is 2.57. The standard InChI is InChI=1S/C14H16N2O5/c1-4-12-14(18)15(8(2)9(3)17)11-7-10(16(19)20)5-6-13(11)21-12/h5-8,12H,4H2,1-3H3. The van der Waals surface area contributed by atoms with Gasteiger partial charge in [-0.3, -0.25) is 24.6 Å². The lowest BCUT2D eigenvalue weighted by Gasteiger charge is -2.36. The molecule has 7 heteroatoms. The number of carbonyl (C=O) groups is 2. The van der Waals surface area contributed by atoms with Crippen LogP contribution in [0, 0.1) is 10.1 Å². The van der Waals surface area contributed by atoms with Crippen LogP contribution in [0.3, 0.4) is 0 Å². The number of anilines is 1. The molecule has 0 saturated heterocycles. The Kier molecular flexibility index (Phi) is 3.93. The number of non-ortho nitro benzene ring substituents is 1. The second-order valence-corrected chi connectivity index (χ2v) is 4.92. The SMILES string of the molecule is CCC1Oc2ccc([N+](=O)[O-])cc2N(C(C)C(C)=O)C1=O. The van der Waals surface area contributed by atoms with Gasteiger partial charge < -0.3 is 4.74 Å². The van der Waals surface area contributed by atoms with Gasteiger partial charge in [-0.1, -0.05) is 6.92 Å². The van der Waals surface area contributed by atoms with Gasteiger partial charge in [0.2, 0.25) is 0 Å². The summed E-state index contributed by atoms with van der Waals surface area (Å²) in [5.74, 6) is -0.175. The molecule has 2 atom stereocenters. The summed E-state index contributed by atoms with van der Waals surface area (Å²) in [4.78, 5) is 35.7. The molecule has 7 nitrogen and oxygen atoms in total. The van der Waals surface area contributed by atoms with Crippen LogP contribution in [0.25, 0.3) is 0 Å². The smallest absolute Gasteiger partial charge is 0.271 e. The molecule has 1 amide bonds. The molecule has 2 rings (SSSR count). The van der Waals surface area contributed by atoms with Gasteiger partial charge in [-0.25, -0.2) is 0 Å². The highest BCUT2D eigenvalue weighted by Crippen LogP contribution is 2.38. The van der Waals surface area contributed by atoms with Crippen molar-refractivity contribution < 1.29 is 19.2 Å². The number of hydrogen-bond donors (Lipinski definition) is 0. The number of ketones is 1. The zero-order valence-corrected chi connectivity index (χ0v) is 12.0. The molecule has 0 bridgehead atoms. The molecule has 1 aliphatic heterocycles. The minimum absolute atomic E-state index is 0.152. The van der Waals surface area contributed by atoms with E-state index in [1.165, 1.54) is 30.0 Å². The van der Waals surface area contributed by atoms with E-state index >= 15 is 0 Å². The van der Waals surface area contributed by atoms with Crippen molar-refractivity contribution in [3.05, 3.63) is 28.3 Å². The maximum atomic E-state index is 12.4. The Morgan fingerprint density at radius 2 is 2.19 bits per heavy atom. The van der Waals surface area contributed by atoms with Crippen molar-refractivity contribution in [1.29, 1.82) is 0 Å². The number of nitro groups is 1. The van der Waals surface area contributed by atoms with Crippen LogP contribution < -0.4 is 9.64 Å². The molecule has 0 radical (unpaired) electrons. The normalized spacial score (nSPS) is 18.7. The maximum absolute atomic E-state index is 12.4. The van der Waals surface area contributed by atoms with E-state index in [4.69, 9.17) is 4.74 Å². The van der Waals surface area contributed by atoms with Gasteiger partial charge in [0.05, 0.1) is 16.7 Å². The lowest BCUT2D eigenvalue weighted by Crippen LogP contribution is -2.51. The van der Waals surface area contributed by atoms with Crippen molar-refractivity contribution in [2.75, 3.05) is 4.90 Å². The fourth-order valence-corrected chi connectivity index (χ4v) is 2.22. The number of ether oxygens (including phenoxy) is 1. The van der Waals surface area contributed by atoms with E-state index in [9.17, 15) is 19.7 Å². The minimum Gasteiger partial charge on any atom is -0.478 e. The number of nitrogens with zero attached hydrogens (tertiary/aromatic N) is 2. The molecule has 0 spiro atoms. The third-order valence-corrected chi connectivity index (χ3v) is 3.54. The van der Waals surface area contributed by atoms with Crippen LogP contribution >= 0.6 is 0 Å². The van der Waals surface area contributed by atoms with Crippen LogP contribution in [-0.4, -0.2) is 28.8 Å². The van der Waals surface area contributed by atoms with Gasteiger partial charge in [-0.2, -0.15) is 0 Å². The quantitative estimate of drug-likeness (QED) is 0.626. The first-order valence-corrected chi connectivity index (χ1v) is 6.65. The van der Waals surface area contributed by atoms with Crippen LogP contribution in [0.1, 0.15) is 27.2 Å². The average molecular weight is 292 g/mol. The summed E-state index contributed by atoms with van der Waals surface area (Å²) in [5, 5.41) is 10.9. The van der Waals surface area contributed by atoms with Crippen LogP contribution in [0.5, 0.6) is 5.75 Å². The largest absolute Gasteiger partial charge is 0.478 e. The topological polar surface area (TPSA) is 89.8 Å². The van der Waals surface area contributed by atoms with Gasteiger partial charge in [0.25, 0.3) is 11.6 Å². The molecule has 0 N–H and O–H groups in total. The summed E-state index contributed by atoms with van der Waals surface area (Å²) in [6.45, 7) is 4.78. The molecule has 0 aliphatic carbocycles. The summed E-state index contributed by atoms with van der Waals surface area (Å²) in [5.41, 5.74) is 0.113. The third-order valence-electron chi connectivity index (χ3n) is 3.54. The molecule has 0 fully saturated rings. The molecule has 0 aromatic heterocycles. The molecule has 2 unspecified atom stereocenters. The number of Topliss-reactive ketones (excluding diaryl/α,β-unsaturated/α-hetero) is 1. The predicted molar refractivity (Wildman–Crippen MR) is 75.4 cm³/mol. The van der Waals surface area contributed by atoms with Crippen molar-refractivity contribution in [3.63, 3.8) is 0 Å². The fraction of sp³-hybridized carbons (Fsp3) is 0.429. The summed E-state index contributed by atoms with van der Waals surface area (Å²) < 4.78 is 5.56. The zero-order chi connectivity index (χ0) is 15.7. The Hall–Kier alpha value is -2.44. The number of hydrogen-bond acceptors (Lipinski definition) is 5. The lowest BCUT2D eigenvalue weighted by molar-refractivity contribution is -0.384. The highest BCUT2D eigenvalue weighted by molar-refractivity contribution is 6.05. The number of benzene rings is 1. The van der Waals surface area contributed by atoms with Crippen molar-refractivity contribution in [2.45, 2.75) is 39.3 Å². The zero-order valence-electron chi connectivity index (χ0n) is 12.0. The number of carbonyl (C=O) groups excluding carboxylic acids is 2. The van der Waals surface area contributed by atoms with E-state index < -0.39 is 17.1 Å². The summed E-state index contributed by atoms with van der Waals surface area (Å²) in [7, 11) is 0. The van der Waals surface area contributed by atoms with Gasteiger partial charge >= 0.3 is 0 Å². The molecule has 0 saturated carbocycles. The van der Waals surface area contributed by atoms with Gasteiger partial charge in [-0.15, -0.1) is 0 Å². The van der Waals surface area contributed by atoms with Crippen LogP contribution in [0.4, 0.5) is 11.4 Å². The average Bonchev–Trinajstić information content (AvgIpc) is 2.45. The first kappa shape index (κ1) is 15.0. The number of fused-ring (bicyclic) bond motifs is 1. The highest BCUT2D eigenvalue weighted by atomic mass is 16.6. The molecule has 1 aliphatic rings. The first-order chi connectivity index (χ1) is 9.86. The maximum Gasteiger partial charge on any atom is 0.271 e. The molecule has 1 aromatic carbocycles. The second kappa shape index (κ2) is 5.51. The predicted octanol–water partition coefficient (Wildman–Crippen LogP) is 2.08. The molecule has 21 heavy (non-hydrogen) atoms. The van der Waals surface area contributed by atoms with Crippen molar-refractivity contribution >= 4 is 23.1 Å².